The van der Waals surface area contributed by atoms with E-state index in [2.05, 4.69) is 306 Å². The van der Waals surface area contributed by atoms with E-state index in [1.54, 1.807) is 0 Å². The van der Waals surface area contributed by atoms with Gasteiger partial charge in [-0.15, -0.1) is 0 Å². The molecule has 0 fully saturated rings. The summed E-state index contributed by atoms with van der Waals surface area (Å²) in [6.45, 7) is 0. The van der Waals surface area contributed by atoms with Gasteiger partial charge in [-0.3, -0.25) is 0 Å². The monoisotopic (exact) mass is 995 g/mol. The normalized spacial score (nSPS) is 11.6. The van der Waals surface area contributed by atoms with Crippen molar-refractivity contribution in [2.24, 2.45) is 0 Å². The molecule has 0 aliphatic carbocycles. The van der Waals surface area contributed by atoms with Crippen LogP contribution in [-0.4, -0.2) is 4.57 Å². The van der Waals surface area contributed by atoms with Crippen molar-refractivity contribution in [3.63, 3.8) is 0 Å². The first-order chi connectivity index (χ1) is 38.7. The van der Waals surface area contributed by atoms with E-state index in [1.807, 2.05) is 6.07 Å². The predicted molar refractivity (Wildman–Crippen MR) is 329 cm³/mol. The summed E-state index contributed by atoms with van der Waals surface area (Å²) in [6.07, 6.45) is 0. The highest BCUT2D eigenvalue weighted by atomic mass is 16.3. The van der Waals surface area contributed by atoms with Gasteiger partial charge in [-0.1, -0.05) is 200 Å². The second-order valence-electron chi connectivity index (χ2n) is 20.1. The molecule has 0 unspecified atom stereocenters. The van der Waals surface area contributed by atoms with E-state index in [-0.39, 0.29) is 0 Å². The highest BCUT2D eigenvalue weighted by Crippen LogP contribution is 2.49. The molecule has 0 saturated heterocycles. The van der Waals surface area contributed by atoms with Crippen LogP contribution in [0.15, 0.2) is 302 Å². The van der Waals surface area contributed by atoms with Crippen molar-refractivity contribution in [3.8, 4) is 39.1 Å². The number of aromatic nitrogens is 1. The summed E-state index contributed by atoms with van der Waals surface area (Å²) in [7, 11) is 0. The lowest BCUT2D eigenvalue weighted by Gasteiger charge is -2.31. The lowest BCUT2D eigenvalue weighted by Crippen LogP contribution is -2.14. The van der Waals surface area contributed by atoms with Gasteiger partial charge in [0.05, 0.1) is 16.7 Å². The van der Waals surface area contributed by atoms with E-state index in [0.717, 1.165) is 95.0 Å². The molecule has 15 aromatic rings. The zero-order valence-electron chi connectivity index (χ0n) is 42.5. The lowest BCUT2D eigenvalue weighted by molar-refractivity contribution is 0.669. The van der Waals surface area contributed by atoms with Gasteiger partial charge in [-0.2, -0.15) is 0 Å². The molecule has 4 nitrogen and oxygen atoms in total. The van der Waals surface area contributed by atoms with Crippen LogP contribution in [0, 0.1) is 0 Å². The summed E-state index contributed by atoms with van der Waals surface area (Å²) in [5, 5.41) is 9.32. The van der Waals surface area contributed by atoms with Crippen LogP contribution in [0.5, 0.6) is 0 Å². The van der Waals surface area contributed by atoms with Crippen molar-refractivity contribution in [1.29, 1.82) is 0 Å². The molecular formula is C74H49N3O. The Bertz CT molecular complexity index is 4630. The van der Waals surface area contributed by atoms with Crippen molar-refractivity contribution in [3.05, 3.63) is 297 Å². The van der Waals surface area contributed by atoms with Gasteiger partial charge in [0, 0.05) is 55.7 Å². The van der Waals surface area contributed by atoms with Crippen molar-refractivity contribution in [2.75, 3.05) is 9.80 Å². The van der Waals surface area contributed by atoms with Crippen LogP contribution in [0.25, 0.3) is 104 Å². The molecule has 0 radical (unpaired) electrons. The van der Waals surface area contributed by atoms with E-state index in [4.69, 9.17) is 4.42 Å². The number of anilines is 6. The molecule has 0 amide bonds. The number of furan rings is 1. The summed E-state index contributed by atoms with van der Waals surface area (Å²) in [4.78, 5) is 4.90. The smallest absolute Gasteiger partial charge is 0.135 e. The predicted octanol–water partition coefficient (Wildman–Crippen LogP) is 20.9. The number of nitrogens with zero attached hydrogens (tertiary/aromatic N) is 3. The zero-order chi connectivity index (χ0) is 51.5. The quantitative estimate of drug-likeness (QED) is 0.128. The average Bonchev–Trinajstić information content (AvgIpc) is 4.26. The molecule has 4 heteroatoms. The summed E-state index contributed by atoms with van der Waals surface area (Å²) in [5.41, 5.74) is 18.1. The van der Waals surface area contributed by atoms with Crippen molar-refractivity contribution >= 4 is 99.4 Å². The Hall–Kier alpha value is -10.4. The highest BCUT2D eigenvalue weighted by Gasteiger charge is 2.26. The fraction of sp³-hybridized carbons (Fsp3) is 0. The molecule has 13 aromatic carbocycles. The van der Waals surface area contributed by atoms with Gasteiger partial charge in [0.15, 0.2) is 0 Å². The fourth-order valence-corrected chi connectivity index (χ4v) is 11.9. The molecule has 0 atom stereocenters. The van der Waals surface area contributed by atoms with E-state index in [0.29, 0.717) is 0 Å². The number of hydrogen-bond acceptors (Lipinski definition) is 3. The number of para-hydroxylation sites is 4. The number of rotatable bonds is 10. The minimum Gasteiger partial charge on any atom is -0.456 e. The zero-order valence-corrected chi connectivity index (χ0v) is 42.5. The van der Waals surface area contributed by atoms with Crippen LogP contribution in [0.4, 0.5) is 34.1 Å². The molecule has 15 rings (SSSR count). The number of hydrogen-bond donors (Lipinski definition) is 0. The third-order valence-corrected chi connectivity index (χ3v) is 15.5. The SMILES string of the molecule is c1ccc(-c2ccc(N(c3ccc(-c4ccccc4)cc3)c3cc(-c4cc5ccccc5c5ccccc45)cc(N(c4ccc5oc6ccccc6c5c4)c4cccc5c6ccccc6n(-c6ccccc6)c45)c3)cc2)cc1. The Kier molecular flexibility index (Phi) is 10.8. The Labute approximate surface area is 452 Å². The minimum atomic E-state index is 0.845. The summed E-state index contributed by atoms with van der Waals surface area (Å²) >= 11 is 0. The van der Waals surface area contributed by atoms with Crippen molar-refractivity contribution < 1.29 is 4.42 Å². The summed E-state index contributed by atoms with van der Waals surface area (Å²) < 4.78 is 8.97. The molecule has 2 aromatic heterocycles. The average molecular weight is 996 g/mol. The maximum Gasteiger partial charge on any atom is 0.135 e. The van der Waals surface area contributed by atoms with Crippen LogP contribution in [0.1, 0.15) is 0 Å². The van der Waals surface area contributed by atoms with Crippen LogP contribution >= 0.6 is 0 Å². The van der Waals surface area contributed by atoms with E-state index in [9.17, 15) is 0 Å². The maximum atomic E-state index is 6.53. The molecule has 0 aliphatic rings. The van der Waals surface area contributed by atoms with Crippen LogP contribution in [-0.2, 0) is 0 Å². The van der Waals surface area contributed by atoms with Gasteiger partial charge in [0.25, 0.3) is 0 Å². The molecule has 0 bridgehead atoms. The maximum absolute atomic E-state index is 6.53. The van der Waals surface area contributed by atoms with Gasteiger partial charge in [0.2, 0.25) is 0 Å². The summed E-state index contributed by atoms with van der Waals surface area (Å²) in [6, 6.07) is 108. The second-order valence-corrected chi connectivity index (χ2v) is 20.1. The van der Waals surface area contributed by atoms with Gasteiger partial charge in [-0.05, 0) is 152 Å². The first kappa shape index (κ1) is 45.0. The largest absolute Gasteiger partial charge is 0.456 e. The molecule has 0 aliphatic heterocycles. The third-order valence-electron chi connectivity index (χ3n) is 15.5. The Morgan fingerprint density at radius 1 is 0.269 bits per heavy atom. The number of benzene rings is 13. The third kappa shape index (κ3) is 7.69. The minimum absolute atomic E-state index is 0.845. The molecule has 2 heterocycles. The number of fused-ring (bicyclic) bond motifs is 9. The standard InChI is InChI=1S/C74H49N3O/c1-4-19-50(20-5-1)52-35-39-57(40-36-52)75(58-41-37-53(38-42-58)51-21-6-2-7-22-51)60-45-55(68-47-54-23-10-11-26-62(54)63-27-12-13-28-64(63)68)46-61(48-60)76(59-43-44-73-69(49-59)66-30-15-17-34-72(66)78-73)71-33-18-31-67-65-29-14-16-32-70(65)77(74(67)71)56-24-8-3-9-25-56/h1-49H. The van der Waals surface area contributed by atoms with Gasteiger partial charge in [0.1, 0.15) is 11.2 Å². The van der Waals surface area contributed by atoms with Crippen LogP contribution in [0.2, 0.25) is 0 Å². The van der Waals surface area contributed by atoms with Crippen LogP contribution < -0.4 is 9.80 Å². The highest BCUT2D eigenvalue weighted by molar-refractivity contribution is 6.17. The van der Waals surface area contributed by atoms with Gasteiger partial charge >= 0.3 is 0 Å². The lowest BCUT2D eigenvalue weighted by atomic mass is 9.92. The molecule has 78 heavy (non-hydrogen) atoms. The van der Waals surface area contributed by atoms with E-state index >= 15 is 0 Å². The molecule has 0 spiro atoms. The van der Waals surface area contributed by atoms with E-state index < -0.39 is 0 Å². The molecule has 366 valence electrons. The fourth-order valence-electron chi connectivity index (χ4n) is 11.9. The Morgan fingerprint density at radius 2 is 0.782 bits per heavy atom. The van der Waals surface area contributed by atoms with Crippen molar-refractivity contribution in [1.82, 2.24) is 4.57 Å². The van der Waals surface area contributed by atoms with Gasteiger partial charge in [-0.25, -0.2) is 0 Å². The Morgan fingerprint density at radius 3 is 1.47 bits per heavy atom. The topological polar surface area (TPSA) is 24.6 Å². The van der Waals surface area contributed by atoms with Crippen molar-refractivity contribution in [2.45, 2.75) is 0 Å². The Balaban J connectivity index is 1.05. The molecule has 0 saturated carbocycles. The van der Waals surface area contributed by atoms with Crippen LogP contribution in [0.3, 0.4) is 0 Å². The molecule has 0 N–H and O–H groups in total. The first-order valence-corrected chi connectivity index (χ1v) is 26.6. The molecular weight excluding hydrogens is 947 g/mol. The first-order valence-electron chi connectivity index (χ1n) is 26.6. The van der Waals surface area contributed by atoms with E-state index in [1.165, 1.54) is 43.4 Å². The van der Waals surface area contributed by atoms with Gasteiger partial charge < -0.3 is 18.8 Å². The summed E-state index contributed by atoms with van der Waals surface area (Å²) in [5.74, 6) is 0. The second kappa shape index (κ2) is 18.7.